The summed E-state index contributed by atoms with van der Waals surface area (Å²) in [5, 5.41) is 15.6. The molecule has 29 heavy (non-hydrogen) atoms. The van der Waals surface area contributed by atoms with Gasteiger partial charge in [-0.2, -0.15) is 10.4 Å². The number of carbonyl (C=O) groups excluding carboxylic acids is 1. The Morgan fingerprint density at radius 1 is 1.10 bits per heavy atom. The molecule has 4 rings (SSSR count). The lowest BCUT2D eigenvalue weighted by Crippen LogP contribution is -2.35. The first-order valence-electron chi connectivity index (χ1n) is 9.69. The number of nitriles is 1. The first-order valence-corrected chi connectivity index (χ1v) is 9.69. The van der Waals surface area contributed by atoms with Gasteiger partial charge in [0.1, 0.15) is 6.33 Å². The molecule has 0 saturated carbocycles. The Hall–Kier alpha value is -3.50. The number of amides is 1. The zero-order chi connectivity index (χ0) is 20.1. The molecular weight excluding hydrogens is 364 g/mol. The summed E-state index contributed by atoms with van der Waals surface area (Å²) in [6, 6.07) is 17.4. The van der Waals surface area contributed by atoms with Gasteiger partial charge in [-0.05, 0) is 36.2 Å². The first kappa shape index (κ1) is 18.8. The van der Waals surface area contributed by atoms with Crippen molar-refractivity contribution in [3.05, 3.63) is 71.5 Å². The first-order chi connectivity index (χ1) is 14.2. The Bertz CT molecular complexity index is 1010. The maximum atomic E-state index is 13.0. The van der Waals surface area contributed by atoms with Crippen LogP contribution in [0.4, 0.5) is 0 Å². The zero-order valence-corrected chi connectivity index (χ0v) is 16.1. The lowest BCUT2D eigenvalue weighted by atomic mass is 10.1. The van der Waals surface area contributed by atoms with E-state index in [9.17, 15) is 4.79 Å². The quantitative estimate of drug-likeness (QED) is 0.745. The molecule has 0 spiro atoms. The second kappa shape index (κ2) is 8.67. The predicted octanol–water partition coefficient (Wildman–Crippen LogP) is 2.69. The van der Waals surface area contributed by atoms with Crippen LogP contribution in [-0.2, 0) is 6.54 Å². The fourth-order valence-electron chi connectivity index (χ4n) is 3.60. The van der Waals surface area contributed by atoms with E-state index in [1.165, 1.54) is 11.9 Å². The standard InChI is InChI=1S/C22H22N6O/c23-14-17-5-7-18(8-6-17)15-27-9-2-10-28(12-11-27)22(29)20-4-1-3-19(13-20)21-24-16-25-26-21/h1,3-8,13,16H,2,9-12,15H2,(H,24,25,26). The van der Waals surface area contributed by atoms with Crippen LogP contribution in [-0.4, -0.2) is 57.1 Å². The Labute approximate surface area is 169 Å². The molecule has 146 valence electrons. The van der Waals surface area contributed by atoms with Crippen molar-refractivity contribution >= 4 is 5.91 Å². The minimum atomic E-state index is 0.0478. The average Bonchev–Trinajstić information content (AvgIpc) is 3.21. The van der Waals surface area contributed by atoms with Crippen LogP contribution in [0.25, 0.3) is 11.4 Å². The third-order valence-corrected chi connectivity index (χ3v) is 5.16. The summed E-state index contributed by atoms with van der Waals surface area (Å²) in [7, 11) is 0. The van der Waals surface area contributed by atoms with Crippen molar-refractivity contribution in [1.82, 2.24) is 25.0 Å². The van der Waals surface area contributed by atoms with Gasteiger partial charge in [-0.15, -0.1) is 0 Å². The molecule has 0 unspecified atom stereocenters. The van der Waals surface area contributed by atoms with E-state index in [0.29, 0.717) is 23.5 Å². The van der Waals surface area contributed by atoms with Crippen molar-refractivity contribution in [3.8, 4) is 17.5 Å². The van der Waals surface area contributed by atoms with Crippen LogP contribution in [0.1, 0.15) is 27.9 Å². The van der Waals surface area contributed by atoms with E-state index in [0.717, 1.165) is 38.2 Å². The number of benzene rings is 2. The number of hydrogen-bond donors (Lipinski definition) is 1. The van der Waals surface area contributed by atoms with E-state index < -0.39 is 0 Å². The lowest BCUT2D eigenvalue weighted by molar-refractivity contribution is 0.0761. The van der Waals surface area contributed by atoms with E-state index in [1.807, 2.05) is 53.4 Å². The van der Waals surface area contributed by atoms with Gasteiger partial charge in [-0.3, -0.25) is 14.8 Å². The maximum absolute atomic E-state index is 13.0. The smallest absolute Gasteiger partial charge is 0.253 e. The van der Waals surface area contributed by atoms with Gasteiger partial charge >= 0.3 is 0 Å². The number of aromatic nitrogens is 3. The molecule has 3 aromatic rings. The molecular formula is C22H22N6O. The van der Waals surface area contributed by atoms with Crippen molar-refractivity contribution in [2.24, 2.45) is 0 Å². The van der Waals surface area contributed by atoms with E-state index in [-0.39, 0.29) is 5.91 Å². The molecule has 1 aliphatic rings. The summed E-state index contributed by atoms with van der Waals surface area (Å²) >= 11 is 0. The van der Waals surface area contributed by atoms with Crippen molar-refractivity contribution in [2.75, 3.05) is 26.2 Å². The van der Waals surface area contributed by atoms with E-state index in [1.54, 1.807) is 0 Å². The van der Waals surface area contributed by atoms with E-state index >= 15 is 0 Å². The number of hydrogen-bond acceptors (Lipinski definition) is 5. The Morgan fingerprint density at radius 3 is 2.72 bits per heavy atom. The van der Waals surface area contributed by atoms with Crippen molar-refractivity contribution in [1.29, 1.82) is 5.26 Å². The largest absolute Gasteiger partial charge is 0.337 e. The third kappa shape index (κ3) is 4.50. The van der Waals surface area contributed by atoms with Crippen LogP contribution in [0, 0.1) is 11.3 Å². The highest BCUT2D eigenvalue weighted by molar-refractivity contribution is 5.95. The Morgan fingerprint density at radius 2 is 1.97 bits per heavy atom. The molecule has 1 saturated heterocycles. The minimum Gasteiger partial charge on any atom is -0.337 e. The molecule has 1 amide bonds. The summed E-state index contributed by atoms with van der Waals surface area (Å²) < 4.78 is 0. The van der Waals surface area contributed by atoms with Gasteiger partial charge in [0, 0.05) is 43.9 Å². The lowest BCUT2D eigenvalue weighted by Gasteiger charge is -2.22. The molecule has 2 aromatic carbocycles. The minimum absolute atomic E-state index is 0.0478. The highest BCUT2D eigenvalue weighted by Gasteiger charge is 2.21. The molecule has 0 atom stereocenters. The molecule has 7 nitrogen and oxygen atoms in total. The maximum Gasteiger partial charge on any atom is 0.253 e. The average molecular weight is 386 g/mol. The Balaban J connectivity index is 1.39. The van der Waals surface area contributed by atoms with E-state index in [4.69, 9.17) is 5.26 Å². The summed E-state index contributed by atoms with van der Waals surface area (Å²) in [6.45, 7) is 4.04. The molecule has 1 aliphatic heterocycles. The molecule has 2 heterocycles. The van der Waals surface area contributed by atoms with Gasteiger partial charge in [0.25, 0.3) is 5.91 Å². The van der Waals surface area contributed by atoms with E-state index in [2.05, 4.69) is 26.2 Å². The molecule has 0 bridgehead atoms. The molecule has 0 aliphatic carbocycles. The van der Waals surface area contributed by atoms with Gasteiger partial charge in [0.2, 0.25) is 0 Å². The fraction of sp³-hybridized carbons (Fsp3) is 0.273. The number of nitrogens with one attached hydrogen (secondary N) is 1. The predicted molar refractivity (Wildman–Crippen MR) is 109 cm³/mol. The highest BCUT2D eigenvalue weighted by atomic mass is 16.2. The Kier molecular flexibility index (Phi) is 5.63. The molecule has 1 fully saturated rings. The summed E-state index contributed by atoms with van der Waals surface area (Å²) in [6.07, 6.45) is 2.39. The van der Waals surface area contributed by atoms with Crippen LogP contribution in [0.2, 0.25) is 0 Å². The number of rotatable bonds is 4. The van der Waals surface area contributed by atoms with Crippen molar-refractivity contribution in [3.63, 3.8) is 0 Å². The summed E-state index contributed by atoms with van der Waals surface area (Å²) in [4.78, 5) is 21.5. The number of carbonyl (C=O) groups is 1. The van der Waals surface area contributed by atoms with Crippen molar-refractivity contribution in [2.45, 2.75) is 13.0 Å². The van der Waals surface area contributed by atoms with Crippen molar-refractivity contribution < 1.29 is 4.79 Å². The molecule has 7 heteroatoms. The number of aromatic amines is 1. The van der Waals surface area contributed by atoms with Crippen LogP contribution in [0.5, 0.6) is 0 Å². The van der Waals surface area contributed by atoms with Gasteiger partial charge in [0.05, 0.1) is 11.6 Å². The SMILES string of the molecule is N#Cc1ccc(CN2CCCN(C(=O)c3cccc(-c4ncn[nH]4)c3)CC2)cc1. The number of H-pyrrole nitrogens is 1. The molecule has 1 aromatic heterocycles. The monoisotopic (exact) mass is 386 g/mol. The van der Waals surface area contributed by atoms with Gasteiger partial charge in [-0.1, -0.05) is 24.3 Å². The van der Waals surface area contributed by atoms with Gasteiger partial charge in [-0.25, -0.2) is 4.98 Å². The third-order valence-electron chi connectivity index (χ3n) is 5.16. The van der Waals surface area contributed by atoms with Crippen LogP contribution >= 0.6 is 0 Å². The van der Waals surface area contributed by atoms with Gasteiger partial charge in [0.15, 0.2) is 5.82 Å². The topological polar surface area (TPSA) is 88.9 Å². The second-order valence-corrected chi connectivity index (χ2v) is 7.15. The highest BCUT2D eigenvalue weighted by Crippen LogP contribution is 2.18. The molecule has 0 radical (unpaired) electrons. The van der Waals surface area contributed by atoms with Gasteiger partial charge < -0.3 is 4.90 Å². The second-order valence-electron chi connectivity index (χ2n) is 7.15. The zero-order valence-electron chi connectivity index (χ0n) is 16.1. The summed E-state index contributed by atoms with van der Waals surface area (Å²) in [5.74, 6) is 0.704. The number of nitrogens with zero attached hydrogens (tertiary/aromatic N) is 5. The van der Waals surface area contributed by atoms with Crippen LogP contribution < -0.4 is 0 Å². The summed E-state index contributed by atoms with van der Waals surface area (Å²) in [5.41, 5.74) is 3.38. The normalized spacial score (nSPS) is 14.9. The van der Waals surface area contributed by atoms with Crippen LogP contribution in [0.15, 0.2) is 54.9 Å². The van der Waals surface area contributed by atoms with Crippen LogP contribution in [0.3, 0.4) is 0 Å². The fourth-order valence-corrected chi connectivity index (χ4v) is 3.60. The molecule has 1 N–H and O–H groups in total.